The van der Waals surface area contributed by atoms with Gasteiger partial charge >= 0.3 is 49.7 Å². The third-order valence-electron chi connectivity index (χ3n) is 12.0. The molecular formula is C60H84HfO12. The van der Waals surface area contributed by atoms with Crippen molar-refractivity contribution >= 4 is 23.9 Å². The number of hydrogen-bond acceptors (Lipinski definition) is 8. The van der Waals surface area contributed by atoms with Gasteiger partial charge < -0.3 is 40.9 Å². The largest absolute Gasteiger partial charge is 4.00 e. The molecule has 0 heterocycles. The van der Waals surface area contributed by atoms with Gasteiger partial charge in [0.25, 0.3) is 0 Å². The summed E-state index contributed by atoms with van der Waals surface area (Å²) in [4.78, 5) is 44.7. The molecule has 4 N–H and O–H groups in total. The first kappa shape index (κ1) is 67.8. The molecule has 0 aliphatic heterocycles. The number of carbonyl (C=O) groups is 4. The first-order chi connectivity index (χ1) is 31.8. The second-order valence-electron chi connectivity index (χ2n) is 26.8. The molecular weight excluding hydrogens is 1090 g/mol. The molecule has 13 heteroatoms. The molecule has 0 aromatic heterocycles. The Kier molecular flexibility index (Phi) is 21.9. The molecule has 0 fully saturated rings. The molecule has 0 unspecified atom stereocenters. The molecule has 0 aliphatic carbocycles. The normalized spacial score (nSPS) is 12.4. The van der Waals surface area contributed by atoms with Crippen LogP contribution in [0.3, 0.4) is 0 Å². The van der Waals surface area contributed by atoms with Crippen LogP contribution in [0.1, 0.15) is 252 Å². The van der Waals surface area contributed by atoms with E-state index in [1.807, 2.05) is 190 Å². The zero-order valence-corrected chi connectivity index (χ0v) is 51.8. The maximum absolute atomic E-state index is 12.2. The number of rotatable bonds is 4. The Hall–Kier alpha value is -5.17. The van der Waals surface area contributed by atoms with E-state index in [9.17, 15) is 39.6 Å². The summed E-state index contributed by atoms with van der Waals surface area (Å²) in [6, 6.07) is 13.4. The summed E-state index contributed by atoms with van der Waals surface area (Å²) in [7, 11) is 0. The molecule has 0 saturated carbocycles. The van der Waals surface area contributed by atoms with Crippen molar-refractivity contribution in [1.82, 2.24) is 0 Å². The standard InChI is InChI=1S/4C15H22O3.Hf/c4*1-14(2,3)9-7-10(13(17)18)12(16)11(8-9)15(4,5)6;/h4*7-8,16H,1-6H3,(H,17,18);/q;;;;+4/p-4. The summed E-state index contributed by atoms with van der Waals surface area (Å²) >= 11 is 0. The van der Waals surface area contributed by atoms with Gasteiger partial charge in [0.15, 0.2) is 0 Å². The van der Waals surface area contributed by atoms with Crippen molar-refractivity contribution in [3.63, 3.8) is 0 Å². The molecule has 4 rings (SSSR count). The Labute approximate surface area is 455 Å². The van der Waals surface area contributed by atoms with E-state index < -0.39 is 23.9 Å². The first-order valence-electron chi connectivity index (χ1n) is 24.1. The van der Waals surface area contributed by atoms with E-state index in [0.717, 1.165) is 22.3 Å². The molecule has 0 atom stereocenters. The van der Waals surface area contributed by atoms with Gasteiger partial charge in [0.1, 0.15) is 0 Å². The minimum Gasteiger partial charge on any atom is -0.872 e. The van der Waals surface area contributed by atoms with E-state index in [2.05, 4.69) is 0 Å². The molecule has 400 valence electrons. The zero-order valence-electron chi connectivity index (χ0n) is 48.2. The summed E-state index contributed by atoms with van der Waals surface area (Å²) < 4.78 is 0. The average Bonchev–Trinajstić information content (AvgIpc) is 3.14. The molecule has 0 amide bonds. The maximum atomic E-state index is 12.2. The van der Waals surface area contributed by atoms with Gasteiger partial charge in [-0.2, -0.15) is 0 Å². The second-order valence-corrected chi connectivity index (χ2v) is 26.8. The van der Waals surface area contributed by atoms with Crippen LogP contribution >= 0.6 is 0 Å². The predicted octanol–water partition coefficient (Wildman–Crippen LogP) is 12.2. The average molecular weight is 1180 g/mol. The van der Waals surface area contributed by atoms with Gasteiger partial charge in [-0.1, -0.05) is 213 Å². The van der Waals surface area contributed by atoms with Gasteiger partial charge in [0.05, 0.1) is 22.3 Å². The summed E-state index contributed by atoms with van der Waals surface area (Å²) in [6.07, 6.45) is 0. The van der Waals surface area contributed by atoms with E-state index in [-0.39, 0.29) is 114 Å². The van der Waals surface area contributed by atoms with Crippen molar-refractivity contribution in [3.8, 4) is 23.0 Å². The molecule has 4 aromatic carbocycles. The Balaban J connectivity index is 0.000000943. The van der Waals surface area contributed by atoms with Crippen LogP contribution in [0.5, 0.6) is 23.0 Å². The van der Waals surface area contributed by atoms with Gasteiger partial charge in [-0.3, -0.25) is 0 Å². The molecule has 12 nitrogen and oxygen atoms in total. The van der Waals surface area contributed by atoms with E-state index in [4.69, 9.17) is 20.4 Å². The van der Waals surface area contributed by atoms with Crippen molar-refractivity contribution in [2.75, 3.05) is 0 Å². The number of benzene rings is 4. The first-order valence-corrected chi connectivity index (χ1v) is 24.1. The Morgan fingerprint density at radius 3 is 0.479 bits per heavy atom. The fourth-order valence-electron chi connectivity index (χ4n) is 7.11. The molecule has 0 saturated heterocycles. The Morgan fingerprint density at radius 1 is 0.274 bits per heavy atom. The van der Waals surface area contributed by atoms with Gasteiger partial charge in [-0.05, 0) is 112 Å². The quantitative estimate of drug-likeness (QED) is 0.140. The van der Waals surface area contributed by atoms with Crippen LogP contribution in [0.2, 0.25) is 0 Å². The van der Waals surface area contributed by atoms with Crippen LogP contribution in [-0.4, -0.2) is 44.3 Å². The van der Waals surface area contributed by atoms with Gasteiger partial charge in [0.2, 0.25) is 0 Å². The van der Waals surface area contributed by atoms with Crippen molar-refractivity contribution in [2.45, 2.75) is 209 Å². The molecule has 0 bridgehead atoms. The van der Waals surface area contributed by atoms with Gasteiger partial charge in [-0.25, -0.2) is 19.2 Å². The number of aromatic carboxylic acids is 4. The van der Waals surface area contributed by atoms with Gasteiger partial charge in [-0.15, -0.1) is 0 Å². The Morgan fingerprint density at radius 2 is 0.397 bits per heavy atom. The minimum absolute atomic E-state index is 0. The SMILES string of the molecule is CC(C)(C)c1cc(C(=O)O)c([O-])c(C(C)(C)C)c1.CC(C)(C)c1cc(C(=O)O)c([O-])c(C(C)(C)C)c1.CC(C)(C)c1cc(C(=O)O)c([O-])c(C(C)(C)C)c1.CC(C)(C)c1cc(C(=O)O)c([O-])c(C(C)(C)C)c1.[Hf+4]. The second kappa shape index (κ2) is 23.6. The van der Waals surface area contributed by atoms with E-state index in [0.29, 0.717) is 22.3 Å². The summed E-state index contributed by atoms with van der Waals surface area (Å²) in [5.74, 6) is -6.11. The fraction of sp³-hybridized carbons (Fsp3) is 0.533. The number of carboxylic acids is 4. The summed E-state index contributed by atoms with van der Waals surface area (Å²) in [5.41, 5.74) is 3.07. The number of carboxylic acid groups (broad SMARTS) is 4. The number of hydrogen-bond donors (Lipinski definition) is 4. The zero-order chi connectivity index (χ0) is 57.2. The van der Waals surface area contributed by atoms with Crippen LogP contribution in [0.4, 0.5) is 0 Å². The summed E-state index contributed by atoms with van der Waals surface area (Å²) in [5, 5.41) is 85.2. The molecule has 0 spiro atoms. The third-order valence-corrected chi connectivity index (χ3v) is 12.0. The van der Waals surface area contributed by atoms with Crippen molar-refractivity contribution < 1.29 is 85.9 Å². The maximum Gasteiger partial charge on any atom is 4.00 e. The van der Waals surface area contributed by atoms with Crippen LogP contribution in [0.25, 0.3) is 0 Å². The molecule has 4 aromatic rings. The van der Waals surface area contributed by atoms with Crippen LogP contribution in [0, 0.1) is 0 Å². The molecule has 0 radical (unpaired) electrons. The van der Waals surface area contributed by atoms with Crippen LogP contribution in [-0.2, 0) is 69.2 Å². The summed E-state index contributed by atoms with van der Waals surface area (Å²) in [6.45, 7) is 47.1. The fourth-order valence-corrected chi connectivity index (χ4v) is 7.11. The molecule has 73 heavy (non-hydrogen) atoms. The third kappa shape index (κ3) is 18.6. The van der Waals surface area contributed by atoms with Crippen molar-refractivity contribution in [1.29, 1.82) is 0 Å². The van der Waals surface area contributed by atoms with Crippen molar-refractivity contribution in [2.24, 2.45) is 0 Å². The predicted molar refractivity (Wildman–Crippen MR) is 281 cm³/mol. The van der Waals surface area contributed by atoms with E-state index in [1.165, 1.54) is 24.3 Å². The van der Waals surface area contributed by atoms with Gasteiger partial charge in [0, 0.05) is 0 Å². The van der Waals surface area contributed by atoms with Crippen LogP contribution < -0.4 is 20.4 Å². The van der Waals surface area contributed by atoms with Crippen molar-refractivity contribution in [3.05, 3.63) is 115 Å². The molecule has 0 aliphatic rings. The smallest absolute Gasteiger partial charge is 0.872 e. The topological polar surface area (TPSA) is 241 Å². The van der Waals surface area contributed by atoms with Crippen LogP contribution in [0.15, 0.2) is 48.5 Å². The Bertz CT molecular complexity index is 2270. The van der Waals surface area contributed by atoms with E-state index in [1.54, 1.807) is 0 Å². The van der Waals surface area contributed by atoms with E-state index >= 15 is 0 Å². The monoisotopic (exact) mass is 1180 g/mol. The minimum atomic E-state index is -1.16.